The number of aromatic amines is 1. The van der Waals surface area contributed by atoms with E-state index < -0.39 is 57.2 Å². The molecule has 3 aromatic carbocycles. The molecule has 5 atom stereocenters. The Balaban J connectivity index is 1.69. The van der Waals surface area contributed by atoms with Crippen LogP contribution in [0.25, 0.3) is 0 Å². The average Bonchev–Trinajstić information content (AvgIpc) is 3.50. The van der Waals surface area contributed by atoms with Crippen LogP contribution in [0.3, 0.4) is 0 Å². The lowest BCUT2D eigenvalue weighted by molar-refractivity contribution is -0.0933. The van der Waals surface area contributed by atoms with Gasteiger partial charge in [-0.2, -0.15) is 5.26 Å². The van der Waals surface area contributed by atoms with Crippen LogP contribution in [0, 0.1) is 11.3 Å². The normalized spacial score (nSPS) is 19.4. The van der Waals surface area contributed by atoms with Gasteiger partial charge in [-0.1, -0.05) is 86.8 Å². The highest BCUT2D eigenvalue weighted by Crippen LogP contribution is 2.56. The molecular formula is C41H53N4O8PSSi. The third-order valence-corrected chi connectivity index (χ3v) is 18.8. The van der Waals surface area contributed by atoms with Gasteiger partial charge in [0.15, 0.2) is 22.0 Å². The van der Waals surface area contributed by atoms with E-state index in [1.54, 1.807) is 25.6 Å². The summed E-state index contributed by atoms with van der Waals surface area (Å²) in [6, 6.07) is 29.1. The van der Waals surface area contributed by atoms with Crippen LogP contribution in [0.4, 0.5) is 0 Å². The highest BCUT2D eigenvalue weighted by Gasteiger charge is 2.54. The summed E-state index contributed by atoms with van der Waals surface area (Å²) in [6.45, 7) is 10.7. The van der Waals surface area contributed by atoms with Crippen molar-refractivity contribution in [2.24, 2.45) is 0 Å². The molecule has 300 valence electrons. The van der Waals surface area contributed by atoms with Crippen molar-refractivity contribution in [1.29, 1.82) is 5.26 Å². The van der Waals surface area contributed by atoms with E-state index in [0.29, 0.717) is 23.7 Å². The predicted molar refractivity (Wildman–Crippen MR) is 224 cm³/mol. The first-order chi connectivity index (χ1) is 26.6. The second-order valence-electron chi connectivity index (χ2n) is 15.1. The van der Waals surface area contributed by atoms with Crippen molar-refractivity contribution < 1.29 is 27.9 Å². The second-order valence-corrected chi connectivity index (χ2v) is 23.8. The zero-order valence-electron chi connectivity index (χ0n) is 33.6. The van der Waals surface area contributed by atoms with Crippen LogP contribution in [0.2, 0.25) is 18.1 Å². The molecule has 0 saturated carbocycles. The molecular weight excluding hydrogens is 768 g/mol. The molecule has 2 heterocycles. The van der Waals surface area contributed by atoms with Crippen LogP contribution in [-0.2, 0) is 24.0 Å². The Hall–Kier alpha value is -3.77. The molecule has 1 fully saturated rings. The van der Waals surface area contributed by atoms with Crippen molar-refractivity contribution in [2.75, 3.05) is 40.7 Å². The SMILES string of the molecule is COc1ccc(C(OC[C@H]2O[C@@H](n3ccc(=O)[nH]c3=O)[C@H](O[Si](C)(C)C(C)(C)C)[C@@H]2OP(SCCC#N)N(C)C)(c2ccccc2)c2ccc(OC)cc2)cc1. The van der Waals surface area contributed by atoms with E-state index >= 15 is 0 Å². The molecule has 1 N–H and O–H groups in total. The molecule has 56 heavy (non-hydrogen) atoms. The van der Waals surface area contributed by atoms with E-state index in [2.05, 4.69) is 44.9 Å². The number of hydrogen-bond donors (Lipinski definition) is 1. The van der Waals surface area contributed by atoms with E-state index in [1.165, 1.54) is 16.8 Å². The van der Waals surface area contributed by atoms with Crippen molar-refractivity contribution >= 4 is 27.2 Å². The minimum Gasteiger partial charge on any atom is -0.497 e. The van der Waals surface area contributed by atoms with Crippen molar-refractivity contribution in [3.05, 3.63) is 129 Å². The maximum Gasteiger partial charge on any atom is 0.330 e. The molecule has 12 nitrogen and oxygen atoms in total. The molecule has 1 aliphatic rings. The lowest BCUT2D eigenvalue weighted by Crippen LogP contribution is -2.50. The Morgan fingerprint density at radius 1 is 0.893 bits per heavy atom. The van der Waals surface area contributed by atoms with E-state index in [-0.39, 0.29) is 11.6 Å². The van der Waals surface area contributed by atoms with E-state index in [9.17, 15) is 14.9 Å². The van der Waals surface area contributed by atoms with Crippen LogP contribution in [0.1, 0.15) is 50.1 Å². The molecule has 1 saturated heterocycles. The Labute approximate surface area is 335 Å². The summed E-state index contributed by atoms with van der Waals surface area (Å²) in [5.41, 5.74) is 0.251. The van der Waals surface area contributed by atoms with E-state index in [0.717, 1.165) is 16.7 Å². The lowest BCUT2D eigenvalue weighted by Gasteiger charge is -2.41. The van der Waals surface area contributed by atoms with Crippen molar-refractivity contribution in [2.45, 2.75) is 75.5 Å². The van der Waals surface area contributed by atoms with Gasteiger partial charge in [-0.15, -0.1) is 0 Å². The highest BCUT2D eigenvalue weighted by molar-refractivity contribution is 8.53. The summed E-state index contributed by atoms with van der Waals surface area (Å²) in [5, 5.41) is 9.15. The molecule has 1 unspecified atom stereocenters. The Morgan fingerprint density at radius 2 is 1.46 bits per heavy atom. The Bertz CT molecular complexity index is 1990. The van der Waals surface area contributed by atoms with Gasteiger partial charge >= 0.3 is 5.69 Å². The molecule has 15 heteroatoms. The molecule has 4 aromatic rings. The molecule has 0 bridgehead atoms. The summed E-state index contributed by atoms with van der Waals surface area (Å²) in [4.78, 5) is 28.1. The average molecular weight is 821 g/mol. The van der Waals surface area contributed by atoms with Crippen LogP contribution in [-0.4, -0.2) is 81.5 Å². The number of nitrogens with zero attached hydrogens (tertiary/aromatic N) is 3. The third-order valence-electron chi connectivity index (χ3n) is 10.2. The summed E-state index contributed by atoms with van der Waals surface area (Å²) in [7, 11) is 3.26. The van der Waals surface area contributed by atoms with Crippen molar-refractivity contribution in [3.8, 4) is 17.6 Å². The number of nitriles is 1. The third kappa shape index (κ3) is 9.66. The highest BCUT2D eigenvalue weighted by atomic mass is 32.7. The Kier molecular flexibility index (Phi) is 14.4. The summed E-state index contributed by atoms with van der Waals surface area (Å²) in [6.07, 6.45) is -1.46. The van der Waals surface area contributed by atoms with Gasteiger partial charge in [0.1, 0.15) is 35.4 Å². The largest absolute Gasteiger partial charge is 0.497 e. The molecule has 0 aliphatic carbocycles. The lowest BCUT2D eigenvalue weighted by atomic mass is 9.80. The number of aromatic nitrogens is 2. The number of rotatable bonds is 17. The molecule has 0 spiro atoms. The molecule has 5 rings (SSSR count). The smallest absolute Gasteiger partial charge is 0.330 e. The zero-order chi connectivity index (χ0) is 40.7. The first-order valence-electron chi connectivity index (χ1n) is 18.4. The van der Waals surface area contributed by atoms with E-state index in [4.69, 9.17) is 27.9 Å². The number of ether oxygens (including phenoxy) is 4. The van der Waals surface area contributed by atoms with Gasteiger partial charge in [0.2, 0.25) is 0 Å². The molecule has 1 aliphatic heterocycles. The summed E-state index contributed by atoms with van der Waals surface area (Å²) >= 11 is 1.56. The van der Waals surface area contributed by atoms with Crippen molar-refractivity contribution in [3.63, 3.8) is 0 Å². The minimum atomic E-state index is -2.56. The maximum atomic E-state index is 13.5. The number of benzene rings is 3. The van der Waals surface area contributed by atoms with Gasteiger partial charge in [-0.3, -0.25) is 19.0 Å². The fraction of sp³-hybridized carbons (Fsp3) is 0.439. The fourth-order valence-corrected chi connectivity index (χ4v) is 10.7. The first kappa shape index (κ1) is 43.4. The van der Waals surface area contributed by atoms with Gasteiger partial charge < -0.3 is 27.9 Å². The van der Waals surface area contributed by atoms with E-state index in [1.807, 2.05) is 97.6 Å². The molecule has 0 amide bonds. The summed E-state index contributed by atoms with van der Waals surface area (Å²) < 4.78 is 43.0. The summed E-state index contributed by atoms with van der Waals surface area (Å²) in [5.74, 6) is 1.96. The minimum absolute atomic E-state index is 0.00303. The van der Waals surface area contributed by atoms with Crippen LogP contribution in [0.5, 0.6) is 11.5 Å². The standard InChI is InChI=1S/C41H53N4O8PSSi/c1-40(2,3)56(8,9)53-37-36(52-54(44(4)5)55-27-13-25-42)34(51-38(37)45-26-24-35(46)43-39(45)47)28-50-41(29-14-11-10-12-15-29,30-16-20-32(48-6)21-17-30)31-18-22-33(49-7)23-19-31/h10-12,14-24,26,34,36-38H,13,27-28H2,1-9H3,(H,43,46,47)/t34-,36-,37-,38-,54?/m1/s1. The number of methoxy groups -OCH3 is 2. The molecule has 0 radical (unpaired) electrons. The van der Waals surface area contributed by atoms with Crippen LogP contribution >= 0.6 is 18.9 Å². The number of hydrogen-bond acceptors (Lipinski definition) is 11. The van der Waals surface area contributed by atoms with Gasteiger partial charge in [-0.05, 0) is 73.2 Å². The van der Waals surface area contributed by atoms with Crippen molar-refractivity contribution in [1.82, 2.24) is 14.2 Å². The topological polar surface area (TPSA) is 137 Å². The van der Waals surface area contributed by atoms with Gasteiger partial charge in [0.05, 0.1) is 26.9 Å². The van der Waals surface area contributed by atoms with Gasteiger partial charge in [0.25, 0.3) is 5.56 Å². The van der Waals surface area contributed by atoms with Crippen LogP contribution < -0.4 is 20.7 Å². The fourth-order valence-electron chi connectivity index (χ4n) is 6.26. The predicted octanol–water partition coefficient (Wildman–Crippen LogP) is 7.67. The quantitative estimate of drug-likeness (QED) is 0.0486. The monoisotopic (exact) mass is 820 g/mol. The maximum absolute atomic E-state index is 13.5. The van der Waals surface area contributed by atoms with Gasteiger partial charge in [-0.25, -0.2) is 4.79 Å². The number of nitrogens with one attached hydrogen (secondary N) is 1. The molecule has 1 aromatic heterocycles. The first-order valence-corrected chi connectivity index (χ1v) is 24.1. The number of H-pyrrole nitrogens is 1. The zero-order valence-corrected chi connectivity index (χ0v) is 36.3. The second kappa shape index (κ2) is 18.7. The van der Waals surface area contributed by atoms with Crippen LogP contribution in [0.15, 0.2) is 101 Å². The Morgan fingerprint density at radius 3 is 1.96 bits per heavy atom. The van der Waals surface area contributed by atoms with Gasteiger partial charge in [0, 0.05) is 24.4 Å².